The van der Waals surface area contributed by atoms with Gasteiger partial charge in [0, 0.05) is 29.9 Å². The highest BCUT2D eigenvalue weighted by atomic mass is 16.6. The number of fused-ring (bicyclic) bond motifs is 2. The highest BCUT2D eigenvalue weighted by molar-refractivity contribution is 5.89. The van der Waals surface area contributed by atoms with Crippen molar-refractivity contribution in [2.45, 2.75) is 58.2 Å². The van der Waals surface area contributed by atoms with Crippen LogP contribution in [0.1, 0.15) is 54.9 Å². The van der Waals surface area contributed by atoms with Gasteiger partial charge < -0.3 is 14.0 Å². The number of hydrogen-bond acceptors (Lipinski definition) is 5. The van der Waals surface area contributed by atoms with Gasteiger partial charge in [-0.1, -0.05) is 19.0 Å². The average Bonchev–Trinajstić information content (AvgIpc) is 3.10. The molecule has 0 radical (unpaired) electrons. The molecule has 3 atom stereocenters. The Morgan fingerprint density at radius 2 is 2.14 bits per heavy atom. The molecular weight excluding hydrogens is 270 g/mol. The van der Waals surface area contributed by atoms with Gasteiger partial charge in [0.1, 0.15) is 11.9 Å². The van der Waals surface area contributed by atoms with Gasteiger partial charge in [-0.05, 0) is 25.7 Å². The van der Waals surface area contributed by atoms with Crippen LogP contribution in [0.25, 0.3) is 0 Å². The summed E-state index contributed by atoms with van der Waals surface area (Å²) in [5.41, 5.74) is 1.24. The van der Waals surface area contributed by atoms with Crippen LogP contribution in [0.3, 0.4) is 0 Å². The van der Waals surface area contributed by atoms with E-state index in [1.54, 1.807) is 0 Å². The van der Waals surface area contributed by atoms with Crippen LogP contribution in [0.15, 0.2) is 4.52 Å². The molecule has 5 nitrogen and oxygen atoms in total. The zero-order valence-electron chi connectivity index (χ0n) is 12.6. The van der Waals surface area contributed by atoms with Crippen molar-refractivity contribution in [3.05, 3.63) is 17.0 Å². The minimum atomic E-state index is -0.328. The van der Waals surface area contributed by atoms with Crippen molar-refractivity contribution in [3.63, 3.8) is 0 Å². The van der Waals surface area contributed by atoms with Crippen molar-refractivity contribution in [2.24, 2.45) is 11.3 Å². The summed E-state index contributed by atoms with van der Waals surface area (Å²) in [6.07, 6.45) is 5.06. The fourth-order valence-electron chi connectivity index (χ4n) is 4.23. The lowest BCUT2D eigenvalue weighted by Gasteiger charge is -2.53. The standard InChI is InChI=1S/C16H21NO4/c1-16(2)13-10(7-8-19-13)14(16)20-15(18)12-9-5-3-4-6-11(9)21-17-12/h10,13-14H,3-8H2,1-2H3/t10-,13-,14+/m1/s1. The number of rotatable bonds is 2. The minimum Gasteiger partial charge on any atom is -0.456 e. The molecule has 0 spiro atoms. The molecule has 5 heteroatoms. The second-order valence-electron chi connectivity index (χ2n) is 7.03. The third-order valence-electron chi connectivity index (χ3n) is 5.37. The quantitative estimate of drug-likeness (QED) is 0.784. The lowest BCUT2D eigenvalue weighted by molar-refractivity contribution is -0.183. The van der Waals surface area contributed by atoms with Crippen LogP contribution < -0.4 is 0 Å². The molecule has 1 aromatic heterocycles. The second-order valence-corrected chi connectivity index (χ2v) is 7.03. The Morgan fingerprint density at radius 1 is 1.33 bits per heavy atom. The largest absolute Gasteiger partial charge is 0.456 e. The van der Waals surface area contributed by atoms with Crippen LogP contribution in [0.2, 0.25) is 0 Å². The highest BCUT2D eigenvalue weighted by Gasteiger charge is 2.61. The van der Waals surface area contributed by atoms with E-state index in [1.165, 1.54) is 0 Å². The third kappa shape index (κ3) is 1.86. The predicted octanol–water partition coefficient (Wildman–Crippen LogP) is 2.52. The molecule has 2 heterocycles. The first-order valence-corrected chi connectivity index (χ1v) is 7.89. The number of aryl methyl sites for hydroxylation is 1. The van der Waals surface area contributed by atoms with E-state index in [9.17, 15) is 4.79 Å². The zero-order chi connectivity index (χ0) is 14.6. The molecule has 3 aliphatic rings. The molecule has 0 bridgehead atoms. The van der Waals surface area contributed by atoms with Crippen LogP contribution in [0.5, 0.6) is 0 Å². The van der Waals surface area contributed by atoms with Crippen LogP contribution >= 0.6 is 0 Å². The SMILES string of the molecule is CC1(C)[C@@H]2OCC[C@H]2[C@@H]1OC(=O)c1noc2c1CCCC2. The lowest BCUT2D eigenvalue weighted by Crippen LogP contribution is -2.61. The molecule has 0 amide bonds. The Bertz CT molecular complexity index is 577. The van der Waals surface area contributed by atoms with Gasteiger partial charge in [0.15, 0.2) is 5.69 Å². The topological polar surface area (TPSA) is 61.6 Å². The molecular formula is C16H21NO4. The number of esters is 1. The minimum absolute atomic E-state index is 0.0755. The van der Waals surface area contributed by atoms with E-state index in [2.05, 4.69) is 19.0 Å². The Morgan fingerprint density at radius 3 is 3.00 bits per heavy atom. The molecule has 1 saturated heterocycles. The fourth-order valence-corrected chi connectivity index (χ4v) is 4.23. The Hall–Kier alpha value is -1.36. The molecule has 4 rings (SSSR count). The summed E-state index contributed by atoms with van der Waals surface area (Å²) in [6.45, 7) is 4.98. The molecule has 114 valence electrons. The summed E-state index contributed by atoms with van der Waals surface area (Å²) < 4.78 is 16.8. The van der Waals surface area contributed by atoms with Crippen LogP contribution in [-0.2, 0) is 22.3 Å². The lowest BCUT2D eigenvalue weighted by atomic mass is 9.59. The van der Waals surface area contributed by atoms with Crippen LogP contribution in [0, 0.1) is 11.3 Å². The summed E-state index contributed by atoms with van der Waals surface area (Å²) in [5.74, 6) is 0.875. The van der Waals surface area contributed by atoms with Crippen LogP contribution in [-0.4, -0.2) is 29.9 Å². The van der Waals surface area contributed by atoms with E-state index in [-0.39, 0.29) is 23.6 Å². The zero-order valence-corrected chi connectivity index (χ0v) is 12.6. The van der Waals surface area contributed by atoms with E-state index in [0.717, 1.165) is 50.0 Å². The summed E-state index contributed by atoms with van der Waals surface area (Å²) in [5, 5.41) is 3.96. The van der Waals surface area contributed by atoms with Gasteiger partial charge in [0.2, 0.25) is 0 Å². The van der Waals surface area contributed by atoms with Crippen molar-refractivity contribution >= 4 is 5.97 Å². The monoisotopic (exact) mass is 291 g/mol. The van der Waals surface area contributed by atoms with E-state index in [0.29, 0.717) is 11.6 Å². The average molecular weight is 291 g/mol. The summed E-state index contributed by atoms with van der Waals surface area (Å²) in [6, 6.07) is 0. The van der Waals surface area contributed by atoms with Gasteiger partial charge in [-0.25, -0.2) is 4.79 Å². The van der Waals surface area contributed by atoms with Crippen molar-refractivity contribution in [2.75, 3.05) is 6.61 Å². The molecule has 0 aromatic carbocycles. The van der Waals surface area contributed by atoms with E-state index in [4.69, 9.17) is 14.0 Å². The molecule has 1 saturated carbocycles. The molecule has 21 heavy (non-hydrogen) atoms. The maximum atomic E-state index is 12.5. The maximum Gasteiger partial charge on any atom is 0.361 e. The fraction of sp³-hybridized carbons (Fsp3) is 0.750. The second kappa shape index (κ2) is 4.57. The summed E-state index contributed by atoms with van der Waals surface area (Å²) >= 11 is 0. The first kappa shape index (κ1) is 13.3. The van der Waals surface area contributed by atoms with Crippen molar-refractivity contribution < 1.29 is 18.8 Å². The number of nitrogens with zero attached hydrogens (tertiary/aromatic N) is 1. The summed E-state index contributed by atoms with van der Waals surface area (Å²) in [4.78, 5) is 12.5. The van der Waals surface area contributed by atoms with E-state index in [1.807, 2.05) is 0 Å². The number of aromatic nitrogens is 1. The smallest absolute Gasteiger partial charge is 0.361 e. The van der Waals surface area contributed by atoms with Gasteiger partial charge in [0.05, 0.1) is 6.10 Å². The normalized spacial score (nSPS) is 33.0. The molecule has 0 N–H and O–H groups in total. The van der Waals surface area contributed by atoms with Crippen molar-refractivity contribution in [1.29, 1.82) is 0 Å². The van der Waals surface area contributed by atoms with Crippen LogP contribution in [0.4, 0.5) is 0 Å². The number of hydrogen-bond donors (Lipinski definition) is 0. The summed E-state index contributed by atoms with van der Waals surface area (Å²) in [7, 11) is 0. The Kier molecular flexibility index (Phi) is 2.89. The van der Waals surface area contributed by atoms with Crippen molar-refractivity contribution in [3.8, 4) is 0 Å². The first-order chi connectivity index (χ1) is 10.1. The van der Waals surface area contributed by atoms with Gasteiger partial charge in [0.25, 0.3) is 0 Å². The van der Waals surface area contributed by atoms with E-state index < -0.39 is 0 Å². The maximum absolute atomic E-state index is 12.5. The third-order valence-corrected chi connectivity index (χ3v) is 5.37. The molecule has 1 aromatic rings. The Labute approximate surface area is 124 Å². The highest BCUT2D eigenvalue weighted by Crippen LogP contribution is 2.53. The van der Waals surface area contributed by atoms with Gasteiger partial charge >= 0.3 is 5.97 Å². The van der Waals surface area contributed by atoms with Gasteiger partial charge in [-0.3, -0.25) is 0 Å². The molecule has 1 aliphatic heterocycles. The first-order valence-electron chi connectivity index (χ1n) is 7.89. The molecule has 0 unspecified atom stereocenters. The Balaban J connectivity index is 1.53. The number of ether oxygens (including phenoxy) is 2. The molecule has 2 aliphatic carbocycles. The van der Waals surface area contributed by atoms with Gasteiger partial charge in [-0.15, -0.1) is 0 Å². The predicted molar refractivity (Wildman–Crippen MR) is 74.0 cm³/mol. The van der Waals surface area contributed by atoms with Gasteiger partial charge in [-0.2, -0.15) is 0 Å². The molecule has 2 fully saturated rings. The van der Waals surface area contributed by atoms with Crippen molar-refractivity contribution in [1.82, 2.24) is 5.16 Å². The van der Waals surface area contributed by atoms with E-state index >= 15 is 0 Å². The number of carbonyl (C=O) groups is 1. The number of carbonyl (C=O) groups excluding carboxylic acids is 1.